The molecule has 0 aliphatic heterocycles. The molecule has 0 fully saturated rings. The molecule has 4 N–H and O–H groups in total. The van der Waals surface area contributed by atoms with Gasteiger partial charge in [0, 0.05) is 27.0 Å². The van der Waals surface area contributed by atoms with Crippen LogP contribution >= 0.6 is 11.3 Å². The first kappa shape index (κ1) is 21.1. The Labute approximate surface area is 175 Å². The number of phenolic OH excluding ortho intramolecular Hbond substituents is 1. The van der Waals surface area contributed by atoms with Gasteiger partial charge in [0.25, 0.3) is 0 Å². The van der Waals surface area contributed by atoms with E-state index in [0.717, 1.165) is 16.5 Å². The van der Waals surface area contributed by atoms with Gasteiger partial charge >= 0.3 is 5.97 Å². The number of carbonyl (C=O) groups is 2. The number of hydrogen-bond acceptors (Lipinski definition) is 4. The number of benzene rings is 2. The average Bonchev–Trinajstić information content (AvgIpc) is 3.29. The van der Waals surface area contributed by atoms with Crippen molar-refractivity contribution in [2.45, 2.75) is 13.5 Å². The van der Waals surface area contributed by atoms with E-state index in [1.54, 1.807) is 30.4 Å². The molecule has 6 nitrogen and oxygen atoms in total. The maximum atomic E-state index is 12.3. The summed E-state index contributed by atoms with van der Waals surface area (Å²) >= 11 is 1.64. The number of hydrogen-bond donors (Lipinski definition) is 3. The van der Waals surface area contributed by atoms with Gasteiger partial charge in [0.05, 0.1) is 12.1 Å². The predicted molar refractivity (Wildman–Crippen MR) is 114 cm³/mol. The van der Waals surface area contributed by atoms with E-state index in [0.29, 0.717) is 17.6 Å². The van der Waals surface area contributed by atoms with Crippen LogP contribution in [-0.4, -0.2) is 26.7 Å². The van der Waals surface area contributed by atoms with Crippen molar-refractivity contribution in [2.24, 2.45) is 5.73 Å². The van der Waals surface area contributed by atoms with Crippen LogP contribution in [0.3, 0.4) is 0 Å². The van der Waals surface area contributed by atoms with E-state index >= 15 is 0 Å². The Morgan fingerprint density at radius 2 is 1.90 bits per heavy atom. The molecule has 2 aromatic carbocycles. The monoisotopic (exact) mass is 426 g/mol. The fraction of sp³-hybridized carbons (Fsp3) is 0.0909. The highest BCUT2D eigenvalue weighted by atomic mass is 32.1. The van der Waals surface area contributed by atoms with Crippen LogP contribution in [0.25, 0.3) is 10.9 Å². The van der Waals surface area contributed by atoms with Crippen molar-refractivity contribution in [3.8, 4) is 5.75 Å². The Balaban J connectivity index is 0.000000216. The molecule has 30 heavy (non-hydrogen) atoms. The fourth-order valence-corrected chi connectivity index (χ4v) is 3.84. The molecule has 8 heteroatoms. The van der Waals surface area contributed by atoms with Crippen LogP contribution in [0.2, 0.25) is 0 Å². The SMILES string of the molecule is Cc1c(C(=O)O)c2cc(O)ccc2n1Cc1cccs1.NC(=O)c1cccc(F)c1. The lowest BCUT2D eigenvalue weighted by atomic mass is 10.1. The predicted octanol–water partition coefficient (Wildman–Crippen LogP) is 4.39. The number of primary amides is 1. The largest absolute Gasteiger partial charge is 0.508 e. The van der Waals surface area contributed by atoms with Crippen molar-refractivity contribution in [1.29, 1.82) is 0 Å². The molecule has 0 bridgehead atoms. The normalized spacial score (nSPS) is 10.5. The molecular weight excluding hydrogens is 407 g/mol. The highest BCUT2D eigenvalue weighted by molar-refractivity contribution is 7.09. The molecule has 4 rings (SSSR count). The number of rotatable bonds is 4. The number of aromatic nitrogens is 1. The minimum Gasteiger partial charge on any atom is -0.508 e. The number of nitrogens with two attached hydrogens (primary N) is 1. The van der Waals surface area contributed by atoms with E-state index in [1.165, 1.54) is 24.3 Å². The number of aromatic hydroxyl groups is 1. The van der Waals surface area contributed by atoms with Crippen molar-refractivity contribution >= 4 is 34.1 Å². The summed E-state index contributed by atoms with van der Waals surface area (Å²) in [7, 11) is 0. The van der Waals surface area contributed by atoms with Crippen molar-refractivity contribution in [3.63, 3.8) is 0 Å². The number of fused-ring (bicyclic) bond motifs is 1. The summed E-state index contributed by atoms with van der Waals surface area (Å²) in [5, 5.41) is 21.6. The smallest absolute Gasteiger partial charge is 0.338 e. The molecule has 4 aromatic rings. The van der Waals surface area contributed by atoms with Gasteiger partial charge in [-0.05, 0) is 54.8 Å². The minimum absolute atomic E-state index is 0.0771. The van der Waals surface area contributed by atoms with Gasteiger partial charge in [-0.1, -0.05) is 12.1 Å². The van der Waals surface area contributed by atoms with E-state index in [2.05, 4.69) is 0 Å². The van der Waals surface area contributed by atoms with Gasteiger partial charge in [-0.3, -0.25) is 4.79 Å². The number of aromatic carboxylic acids is 1. The van der Waals surface area contributed by atoms with Gasteiger partial charge in [0.15, 0.2) is 0 Å². The van der Waals surface area contributed by atoms with Crippen molar-refractivity contribution < 1.29 is 24.2 Å². The van der Waals surface area contributed by atoms with Crippen molar-refractivity contribution in [2.75, 3.05) is 0 Å². The van der Waals surface area contributed by atoms with Crippen LogP contribution in [0.4, 0.5) is 4.39 Å². The molecule has 0 aliphatic rings. The molecule has 0 saturated heterocycles. The van der Waals surface area contributed by atoms with E-state index < -0.39 is 17.7 Å². The summed E-state index contributed by atoms with van der Waals surface area (Å²) in [5.74, 6) is -1.95. The lowest BCUT2D eigenvalue weighted by Gasteiger charge is -2.06. The maximum Gasteiger partial charge on any atom is 0.338 e. The number of carboxylic acids is 1. The summed E-state index contributed by atoms with van der Waals surface area (Å²) in [5.41, 5.74) is 6.85. The fourth-order valence-electron chi connectivity index (χ4n) is 3.14. The molecule has 1 amide bonds. The van der Waals surface area contributed by atoms with E-state index in [-0.39, 0.29) is 16.9 Å². The Morgan fingerprint density at radius 1 is 1.13 bits per heavy atom. The average molecular weight is 426 g/mol. The van der Waals surface area contributed by atoms with Gasteiger partial charge in [0.2, 0.25) is 5.91 Å². The standard InChI is InChI=1S/C15H13NO3S.C7H6FNO/c1-9-14(15(18)19)12-7-10(17)4-5-13(12)16(9)8-11-3-2-6-20-11;8-6-3-1-2-5(4-6)7(9)10/h2-7,17H,8H2,1H3,(H,18,19);1-4H,(H2,9,10). The number of amides is 1. The number of carboxylic acid groups (broad SMARTS) is 1. The van der Waals surface area contributed by atoms with Gasteiger partial charge in [0.1, 0.15) is 11.6 Å². The molecule has 2 heterocycles. The summed E-state index contributed by atoms with van der Waals surface area (Å²) in [4.78, 5) is 23.0. The van der Waals surface area contributed by atoms with Crippen LogP contribution in [0.15, 0.2) is 60.0 Å². The molecule has 0 saturated carbocycles. The van der Waals surface area contributed by atoms with Crippen molar-refractivity contribution in [1.82, 2.24) is 4.57 Å². The van der Waals surface area contributed by atoms with Gasteiger partial charge < -0.3 is 20.5 Å². The molecule has 0 spiro atoms. The Bertz CT molecular complexity index is 1220. The van der Waals surface area contributed by atoms with Gasteiger partial charge in [-0.2, -0.15) is 0 Å². The van der Waals surface area contributed by atoms with Crippen LogP contribution in [0.1, 0.15) is 31.3 Å². The van der Waals surface area contributed by atoms with Crippen LogP contribution < -0.4 is 5.73 Å². The molecule has 0 unspecified atom stereocenters. The Kier molecular flexibility index (Phi) is 6.17. The second-order valence-electron chi connectivity index (χ2n) is 6.51. The van der Waals surface area contributed by atoms with E-state index in [1.807, 2.05) is 22.1 Å². The summed E-state index contributed by atoms with van der Waals surface area (Å²) in [6, 6.07) is 14.1. The van der Waals surface area contributed by atoms with E-state index in [9.17, 15) is 24.2 Å². The zero-order valence-corrected chi connectivity index (χ0v) is 16.8. The molecule has 0 radical (unpaired) electrons. The first-order valence-corrected chi connectivity index (χ1v) is 9.78. The second kappa shape index (κ2) is 8.79. The quantitative estimate of drug-likeness (QED) is 0.450. The lowest BCUT2D eigenvalue weighted by molar-refractivity contribution is 0.0697. The van der Waals surface area contributed by atoms with Crippen LogP contribution in [-0.2, 0) is 6.54 Å². The number of carbonyl (C=O) groups excluding carboxylic acids is 1. The van der Waals surface area contributed by atoms with Crippen molar-refractivity contribution in [3.05, 3.63) is 87.5 Å². The molecule has 2 aromatic heterocycles. The summed E-state index contributed by atoms with van der Waals surface area (Å²) in [6.07, 6.45) is 0. The topological polar surface area (TPSA) is 106 Å². The second-order valence-corrected chi connectivity index (χ2v) is 7.54. The van der Waals surface area contributed by atoms with Gasteiger partial charge in [-0.25, -0.2) is 9.18 Å². The number of nitrogens with zero attached hydrogens (tertiary/aromatic N) is 1. The molecule has 154 valence electrons. The number of thiophene rings is 1. The zero-order chi connectivity index (χ0) is 21.8. The Hall–Kier alpha value is -3.65. The van der Waals surface area contributed by atoms with E-state index in [4.69, 9.17) is 5.73 Å². The number of phenols is 1. The Morgan fingerprint density at radius 3 is 2.47 bits per heavy atom. The first-order valence-electron chi connectivity index (χ1n) is 8.90. The highest BCUT2D eigenvalue weighted by Crippen LogP contribution is 2.30. The highest BCUT2D eigenvalue weighted by Gasteiger charge is 2.19. The molecular formula is C22H19FN2O4S. The van der Waals surface area contributed by atoms with Gasteiger partial charge in [-0.15, -0.1) is 11.3 Å². The summed E-state index contributed by atoms with van der Waals surface area (Å²) < 4.78 is 14.3. The maximum absolute atomic E-state index is 12.3. The number of halogens is 1. The van der Waals surface area contributed by atoms with Crippen LogP contribution in [0.5, 0.6) is 5.75 Å². The first-order chi connectivity index (χ1) is 14.3. The van der Waals surface area contributed by atoms with Crippen LogP contribution in [0, 0.1) is 12.7 Å². The molecule has 0 atom stereocenters. The minimum atomic E-state index is -0.969. The summed E-state index contributed by atoms with van der Waals surface area (Å²) in [6.45, 7) is 2.44. The lowest BCUT2D eigenvalue weighted by Crippen LogP contribution is -2.10. The third-order valence-electron chi connectivity index (χ3n) is 4.52. The zero-order valence-electron chi connectivity index (χ0n) is 16.0. The third kappa shape index (κ3) is 4.49. The third-order valence-corrected chi connectivity index (χ3v) is 5.39. The molecule has 0 aliphatic carbocycles.